The summed E-state index contributed by atoms with van der Waals surface area (Å²) >= 11 is 0.261. The second-order valence-electron chi connectivity index (χ2n) is 4.84. The van der Waals surface area contributed by atoms with Crippen molar-refractivity contribution in [1.29, 1.82) is 0 Å². The predicted molar refractivity (Wildman–Crippen MR) is 77.8 cm³/mol. The number of aldehydes is 2. The number of hydrogen-bond donors (Lipinski definition) is 0. The molecule has 0 unspecified atom stereocenters. The smallest absolute Gasteiger partial charge is 0.298 e. The Labute approximate surface area is 141 Å². The molecule has 25 heavy (non-hydrogen) atoms. The van der Waals surface area contributed by atoms with Crippen molar-refractivity contribution in [3.63, 3.8) is 0 Å². The van der Waals surface area contributed by atoms with Crippen molar-refractivity contribution in [2.45, 2.75) is 22.1 Å². The molecule has 0 bridgehead atoms. The predicted octanol–water partition coefficient (Wildman–Crippen LogP) is 5.50. The van der Waals surface area contributed by atoms with E-state index >= 15 is 0 Å². The molecule has 2 rings (SSSR count). The van der Waals surface area contributed by atoms with Gasteiger partial charge in [-0.3, -0.25) is 9.59 Å². The van der Waals surface area contributed by atoms with Crippen LogP contribution in [0.5, 0.6) is 0 Å². The molecule has 0 aliphatic carbocycles. The topological polar surface area (TPSA) is 34.1 Å². The summed E-state index contributed by atoms with van der Waals surface area (Å²) in [6.45, 7) is 0. The zero-order chi connectivity index (χ0) is 18.8. The van der Waals surface area contributed by atoms with Gasteiger partial charge in [-0.05, 0) is 24.3 Å². The van der Waals surface area contributed by atoms with Gasteiger partial charge >= 0.3 is 12.4 Å². The van der Waals surface area contributed by atoms with E-state index in [1.807, 2.05) is 0 Å². The van der Waals surface area contributed by atoms with Gasteiger partial charge in [0.2, 0.25) is 0 Å². The molecule has 0 fully saturated rings. The number of rotatable bonds is 4. The van der Waals surface area contributed by atoms with Crippen molar-refractivity contribution < 1.29 is 35.9 Å². The lowest BCUT2D eigenvalue weighted by molar-refractivity contribution is -0.140. The van der Waals surface area contributed by atoms with Crippen LogP contribution in [0, 0.1) is 0 Å². The fourth-order valence-corrected chi connectivity index (χ4v) is 3.06. The summed E-state index contributed by atoms with van der Waals surface area (Å²) in [5.41, 5.74) is -2.92. The highest BCUT2D eigenvalue weighted by atomic mass is 32.2. The van der Waals surface area contributed by atoms with Gasteiger partial charge < -0.3 is 0 Å². The van der Waals surface area contributed by atoms with E-state index in [-0.39, 0.29) is 35.5 Å². The van der Waals surface area contributed by atoms with E-state index in [9.17, 15) is 35.9 Å². The number of halogens is 6. The number of hydrogen-bond acceptors (Lipinski definition) is 3. The van der Waals surface area contributed by atoms with Gasteiger partial charge in [0, 0.05) is 20.9 Å². The van der Waals surface area contributed by atoms with E-state index in [2.05, 4.69) is 0 Å². The van der Waals surface area contributed by atoms with Crippen molar-refractivity contribution in [2.75, 3.05) is 0 Å². The van der Waals surface area contributed by atoms with Gasteiger partial charge in [0.15, 0.2) is 0 Å². The van der Waals surface area contributed by atoms with Crippen LogP contribution < -0.4 is 0 Å². The van der Waals surface area contributed by atoms with Crippen molar-refractivity contribution in [2.24, 2.45) is 0 Å². The number of benzene rings is 2. The van der Waals surface area contributed by atoms with Crippen molar-refractivity contribution in [1.82, 2.24) is 0 Å². The maximum Gasteiger partial charge on any atom is 0.417 e. The van der Waals surface area contributed by atoms with E-state index in [0.717, 1.165) is 24.3 Å². The van der Waals surface area contributed by atoms with Crippen LogP contribution in [0.4, 0.5) is 26.3 Å². The number of carbonyl (C=O) groups excluding carboxylic acids is 2. The molecule has 0 N–H and O–H groups in total. The standard InChI is InChI=1S/C16H8F6O2S/c17-15(18,19)11-5-9(7-23)1-3-13(11)25-14-4-2-10(8-24)6-12(14)16(20,21)22/h1-8H. The first-order valence-electron chi connectivity index (χ1n) is 6.57. The van der Waals surface area contributed by atoms with E-state index in [4.69, 9.17) is 0 Å². The molecule has 2 aromatic carbocycles. The minimum Gasteiger partial charge on any atom is -0.298 e. The van der Waals surface area contributed by atoms with Crippen LogP contribution in [0.3, 0.4) is 0 Å². The summed E-state index contributed by atoms with van der Waals surface area (Å²) in [6, 6.07) is 5.18. The third-order valence-corrected chi connectivity index (χ3v) is 4.26. The fraction of sp³-hybridized carbons (Fsp3) is 0.125. The minimum absolute atomic E-state index is 0.212. The summed E-state index contributed by atoms with van der Waals surface area (Å²) in [4.78, 5) is 20.3. The first-order valence-corrected chi connectivity index (χ1v) is 7.38. The van der Waals surface area contributed by atoms with Crippen LogP contribution in [-0.2, 0) is 12.4 Å². The van der Waals surface area contributed by atoms with E-state index < -0.39 is 33.3 Å². The molecule has 0 atom stereocenters. The lowest BCUT2D eigenvalue weighted by Gasteiger charge is -2.16. The lowest BCUT2D eigenvalue weighted by Crippen LogP contribution is -2.09. The Kier molecular flexibility index (Phi) is 5.26. The average molecular weight is 378 g/mol. The average Bonchev–Trinajstić information content (AvgIpc) is 2.53. The molecular weight excluding hydrogens is 370 g/mol. The molecule has 0 aliphatic heterocycles. The Balaban J connectivity index is 2.57. The quantitative estimate of drug-likeness (QED) is 0.520. The molecule has 2 aromatic rings. The molecule has 0 saturated heterocycles. The van der Waals surface area contributed by atoms with E-state index in [1.54, 1.807) is 0 Å². The number of carbonyl (C=O) groups is 2. The molecule has 2 nitrogen and oxygen atoms in total. The highest BCUT2D eigenvalue weighted by Crippen LogP contribution is 2.44. The van der Waals surface area contributed by atoms with Crippen molar-refractivity contribution in [3.05, 3.63) is 58.7 Å². The Morgan fingerprint density at radius 3 is 1.32 bits per heavy atom. The molecule has 0 heterocycles. The Morgan fingerprint density at radius 2 is 1.04 bits per heavy atom. The Morgan fingerprint density at radius 1 is 0.680 bits per heavy atom. The van der Waals surface area contributed by atoms with Crippen LogP contribution in [0.2, 0.25) is 0 Å². The molecule has 0 saturated carbocycles. The molecule has 9 heteroatoms. The van der Waals surface area contributed by atoms with Gasteiger partial charge in [-0.15, -0.1) is 0 Å². The molecule has 132 valence electrons. The molecule has 0 radical (unpaired) electrons. The summed E-state index contributed by atoms with van der Waals surface area (Å²) in [6.07, 6.45) is -9.27. The first kappa shape index (κ1) is 19.0. The lowest BCUT2D eigenvalue weighted by atomic mass is 10.1. The highest BCUT2D eigenvalue weighted by Gasteiger charge is 2.37. The summed E-state index contributed by atoms with van der Waals surface area (Å²) in [7, 11) is 0. The molecule has 0 amide bonds. The molecule has 0 spiro atoms. The largest absolute Gasteiger partial charge is 0.417 e. The third kappa shape index (κ3) is 4.41. The van der Waals surface area contributed by atoms with Crippen molar-refractivity contribution in [3.8, 4) is 0 Å². The maximum atomic E-state index is 13.1. The Bertz CT molecular complexity index is 744. The van der Waals surface area contributed by atoms with Gasteiger partial charge in [-0.1, -0.05) is 23.9 Å². The van der Waals surface area contributed by atoms with Crippen LogP contribution in [-0.4, -0.2) is 12.6 Å². The zero-order valence-electron chi connectivity index (χ0n) is 12.1. The Hall–Kier alpha value is -2.29. The SMILES string of the molecule is O=Cc1ccc(Sc2ccc(C=O)cc2C(F)(F)F)c(C(F)(F)F)c1. The highest BCUT2D eigenvalue weighted by molar-refractivity contribution is 7.99. The van der Waals surface area contributed by atoms with Gasteiger partial charge in [0.05, 0.1) is 11.1 Å². The maximum absolute atomic E-state index is 13.1. The summed E-state index contributed by atoms with van der Waals surface area (Å²) in [5, 5.41) is 0. The van der Waals surface area contributed by atoms with Gasteiger partial charge in [-0.2, -0.15) is 26.3 Å². The fourth-order valence-electron chi connectivity index (χ4n) is 1.98. The van der Waals surface area contributed by atoms with Gasteiger partial charge in [0.1, 0.15) is 12.6 Å². The summed E-state index contributed by atoms with van der Waals surface area (Å²) < 4.78 is 78.7. The normalized spacial score (nSPS) is 12.1. The first-order chi connectivity index (χ1) is 11.6. The van der Waals surface area contributed by atoms with E-state index in [1.165, 1.54) is 0 Å². The molecule has 0 aliphatic rings. The van der Waals surface area contributed by atoms with Crippen LogP contribution in [0.15, 0.2) is 46.2 Å². The van der Waals surface area contributed by atoms with Crippen LogP contribution in [0.25, 0.3) is 0 Å². The second kappa shape index (κ2) is 6.91. The van der Waals surface area contributed by atoms with Crippen LogP contribution in [0.1, 0.15) is 31.8 Å². The van der Waals surface area contributed by atoms with Gasteiger partial charge in [0.25, 0.3) is 0 Å². The zero-order valence-corrected chi connectivity index (χ0v) is 12.9. The van der Waals surface area contributed by atoms with Crippen molar-refractivity contribution >= 4 is 24.3 Å². The summed E-state index contributed by atoms with van der Waals surface area (Å²) in [5.74, 6) is 0. The van der Waals surface area contributed by atoms with Crippen LogP contribution >= 0.6 is 11.8 Å². The second-order valence-corrected chi connectivity index (χ2v) is 5.93. The molecule has 0 aromatic heterocycles. The monoisotopic (exact) mass is 378 g/mol. The third-order valence-electron chi connectivity index (χ3n) is 3.11. The number of alkyl halides is 6. The minimum atomic E-state index is -4.84. The molecular formula is C16H8F6O2S. The van der Waals surface area contributed by atoms with Gasteiger partial charge in [-0.25, -0.2) is 0 Å². The van der Waals surface area contributed by atoms with E-state index in [0.29, 0.717) is 12.1 Å².